The van der Waals surface area contributed by atoms with Crippen LogP contribution in [0.2, 0.25) is 0 Å². The molecule has 0 spiro atoms. The second-order valence-corrected chi connectivity index (χ2v) is 10.0. The van der Waals surface area contributed by atoms with Gasteiger partial charge in [0.05, 0.1) is 11.8 Å². The first kappa shape index (κ1) is 20.9. The van der Waals surface area contributed by atoms with Gasteiger partial charge in [-0.2, -0.15) is 13.5 Å². The summed E-state index contributed by atoms with van der Waals surface area (Å²) in [4.78, 5) is 12.7. The number of rotatable bonds is 5. The summed E-state index contributed by atoms with van der Waals surface area (Å²) in [5, 5.41) is 16.6. The number of aryl methyl sites for hydroxylation is 2. The third-order valence-corrected chi connectivity index (χ3v) is 7.08. The first-order valence-electron chi connectivity index (χ1n) is 10.4. The third kappa shape index (κ3) is 3.72. The first-order valence-corrected chi connectivity index (χ1v) is 11.9. The first-order chi connectivity index (χ1) is 14.2. The largest absolute Gasteiger partial charge is 0.387 e. The van der Waals surface area contributed by atoms with Crippen LogP contribution >= 0.6 is 0 Å². The number of nitrogens with one attached hydrogen (secondary N) is 2. The van der Waals surface area contributed by atoms with Crippen molar-refractivity contribution in [1.29, 1.82) is 0 Å². The predicted octanol–water partition coefficient (Wildman–Crippen LogP) is 3.01. The molecule has 1 atom stereocenters. The molecule has 2 aromatic rings. The lowest BCUT2D eigenvalue weighted by Gasteiger charge is -2.16. The molecule has 1 aromatic carbocycles. The zero-order valence-corrected chi connectivity index (χ0v) is 18.3. The van der Waals surface area contributed by atoms with Crippen LogP contribution < -0.4 is 10.0 Å². The van der Waals surface area contributed by atoms with Crippen LogP contribution in [0.25, 0.3) is 0 Å². The van der Waals surface area contributed by atoms with E-state index in [2.05, 4.69) is 21.2 Å². The second-order valence-electron chi connectivity index (χ2n) is 8.42. The second kappa shape index (κ2) is 7.70. The molecule has 0 aliphatic heterocycles. The lowest BCUT2D eigenvalue weighted by Crippen LogP contribution is -2.35. The normalized spacial score (nSPS) is 16.4. The number of anilines is 1. The quantitative estimate of drug-likeness (QED) is 0.672. The molecular weight excluding hydrogens is 404 g/mol. The molecule has 162 valence electrons. The van der Waals surface area contributed by atoms with Gasteiger partial charge >= 0.3 is 6.03 Å². The molecule has 3 N–H and O–H groups in total. The van der Waals surface area contributed by atoms with Crippen LogP contribution in [-0.4, -0.2) is 29.3 Å². The summed E-state index contributed by atoms with van der Waals surface area (Å²) in [6, 6.07) is 2.63. The van der Waals surface area contributed by atoms with E-state index in [0.29, 0.717) is 5.69 Å². The summed E-state index contributed by atoms with van der Waals surface area (Å²) in [5.41, 5.74) is 5.93. The van der Waals surface area contributed by atoms with Gasteiger partial charge < -0.3 is 10.4 Å². The number of benzene rings is 1. The van der Waals surface area contributed by atoms with E-state index in [1.165, 1.54) is 21.9 Å². The average Bonchev–Trinajstić information content (AvgIpc) is 3.39. The topological polar surface area (TPSA) is 113 Å². The average molecular weight is 433 g/mol. The zero-order chi connectivity index (χ0) is 21.6. The number of carbonyl (C=O) groups is 1. The Bertz CT molecular complexity index is 1040. The van der Waals surface area contributed by atoms with E-state index >= 15 is 0 Å². The van der Waals surface area contributed by atoms with E-state index in [0.717, 1.165) is 55.3 Å². The standard InChI is InChI=1S/C21H28N4O4S/c1-12(2)25-18(13(3)26)11-19(23-25)30(28,29)24-21(27)22-20-16-8-4-6-14(16)10-15-7-5-9-17(15)20/h10-13,26H,4-9H2,1-3H3,(H2,22,24,27). The minimum atomic E-state index is -4.18. The number of sulfonamides is 1. The van der Waals surface area contributed by atoms with Crippen LogP contribution in [0, 0.1) is 0 Å². The highest BCUT2D eigenvalue weighted by Gasteiger charge is 2.28. The number of aliphatic hydroxyl groups excluding tert-OH is 1. The van der Waals surface area contributed by atoms with Crippen LogP contribution in [-0.2, 0) is 35.7 Å². The lowest BCUT2D eigenvalue weighted by molar-refractivity contribution is 0.184. The van der Waals surface area contributed by atoms with E-state index in [-0.39, 0.29) is 11.1 Å². The maximum atomic E-state index is 12.8. The molecule has 1 aromatic heterocycles. The summed E-state index contributed by atoms with van der Waals surface area (Å²) in [5.74, 6) is 0. The van der Waals surface area contributed by atoms with Crippen LogP contribution in [0.1, 0.15) is 73.7 Å². The molecule has 2 amide bonds. The number of urea groups is 1. The summed E-state index contributed by atoms with van der Waals surface area (Å²) in [7, 11) is -4.18. The number of aromatic nitrogens is 2. The molecule has 0 saturated heterocycles. The van der Waals surface area contributed by atoms with Crippen molar-refractivity contribution in [3.05, 3.63) is 40.1 Å². The Morgan fingerprint density at radius 2 is 1.67 bits per heavy atom. The maximum Gasteiger partial charge on any atom is 0.333 e. The lowest BCUT2D eigenvalue weighted by atomic mass is 9.99. The molecule has 4 rings (SSSR count). The molecule has 2 aliphatic carbocycles. The van der Waals surface area contributed by atoms with Gasteiger partial charge in [-0.3, -0.25) is 4.68 Å². The Morgan fingerprint density at radius 1 is 1.07 bits per heavy atom. The van der Waals surface area contributed by atoms with E-state index in [4.69, 9.17) is 0 Å². The Balaban J connectivity index is 1.59. The summed E-state index contributed by atoms with van der Waals surface area (Å²) >= 11 is 0. The van der Waals surface area contributed by atoms with Crippen molar-refractivity contribution in [2.24, 2.45) is 0 Å². The smallest absolute Gasteiger partial charge is 0.333 e. The molecule has 0 fully saturated rings. The minimum absolute atomic E-state index is 0.137. The van der Waals surface area contributed by atoms with Gasteiger partial charge in [-0.25, -0.2) is 9.52 Å². The highest BCUT2D eigenvalue weighted by Crippen LogP contribution is 2.38. The van der Waals surface area contributed by atoms with Gasteiger partial charge in [0.15, 0.2) is 5.03 Å². The number of hydrogen-bond donors (Lipinski definition) is 3. The van der Waals surface area contributed by atoms with Crippen molar-refractivity contribution in [2.75, 3.05) is 5.32 Å². The molecule has 1 heterocycles. The van der Waals surface area contributed by atoms with Crippen molar-refractivity contribution in [1.82, 2.24) is 14.5 Å². The number of nitrogens with zero attached hydrogens (tertiary/aromatic N) is 2. The van der Waals surface area contributed by atoms with Gasteiger partial charge in [0.1, 0.15) is 0 Å². The number of carbonyl (C=O) groups excluding carboxylic acids is 1. The van der Waals surface area contributed by atoms with Gasteiger partial charge in [0.2, 0.25) is 0 Å². The highest BCUT2D eigenvalue weighted by atomic mass is 32.2. The molecule has 0 radical (unpaired) electrons. The van der Waals surface area contributed by atoms with Crippen molar-refractivity contribution in [3.63, 3.8) is 0 Å². The van der Waals surface area contributed by atoms with E-state index in [9.17, 15) is 18.3 Å². The van der Waals surface area contributed by atoms with E-state index in [1.807, 2.05) is 13.8 Å². The molecule has 8 nitrogen and oxygen atoms in total. The van der Waals surface area contributed by atoms with Crippen molar-refractivity contribution in [2.45, 2.75) is 76.5 Å². The Hall–Kier alpha value is -2.39. The fraction of sp³-hybridized carbons (Fsp3) is 0.524. The Morgan fingerprint density at radius 3 is 2.17 bits per heavy atom. The molecule has 2 aliphatic rings. The number of aliphatic hydroxyl groups is 1. The Labute approximate surface area is 176 Å². The highest BCUT2D eigenvalue weighted by molar-refractivity contribution is 7.90. The van der Waals surface area contributed by atoms with Crippen molar-refractivity contribution >= 4 is 21.7 Å². The zero-order valence-electron chi connectivity index (χ0n) is 17.5. The van der Waals surface area contributed by atoms with Gasteiger partial charge in [0, 0.05) is 17.8 Å². The van der Waals surface area contributed by atoms with E-state index < -0.39 is 22.2 Å². The SMILES string of the molecule is CC(O)c1cc(S(=O)(=O)NC(=O)Nc2c3c(cc4c2CCC4)CCC3)nn1C(C)C. The summed E-state index contributed by atoms with van der Waals surface area (Å²) in [6.07, 6.45) is 4.97. The molecule has 0 saturated carbocycles. The molecule has 9 heteroatoms. The molecule has 0 bridgehead atoms. The fourth-order valence-corrected chi connectivity index (χ4v) is 5.39. The van der Waals surface area contributed by atoms with Crippen LogP contribution in [0.4, 0.5) is 10.5 Å². The monoisotopic (exact) mass is 432 g/mol. The third-order valence-electron chi connectivity index (χ3n) is 5.87. The summed E-state index contributed by atoms with van der Waals surface area (Å²) in [6.45, 7) is 5.22. The van der Waals surface area contributed by atoms with Crippen molar-refractivity contribution < 1.29 is 18.3 Å². The van der Waals surface area contributed by atoms with Gasteiger partial charge in [-0.05, 0) is 81.5 Å². The minimum Gasteiger partial charge on any atom is -0.387 e. The fourth-order valence-electron chi connectivity index (χ4n) is 4.52. The molecule has 1 unspecified atom stereocenters. The number of fused-ring (bicyclic) bond motifs is 2. The molecular formula is C21H28N4O4S. The molecule has 30 heavy (non-hydrogen) atoms. The Kier molecular flexibility index (Phi) is 5.36. The van der Waals surface area contributed by atoms with Crippen LogP contribution in [0.5, 0.6) is 0 Å². The van der Waals surface area contributed by atoms with Crippen LogP contribution in [0.3, 0.4) is 0 Å². The number of hydrogen-bond acceptors (Lipinski definition) is 5. The van der Waals surface area contributed by atoms with Gasteiger partial charge in [-0.1, -0.05) is 6.07 Å². The van der Waals surface area contributed by atoms with Crippen molar-refractivity contribution in [3.8, 4) is 0 Å². The predicted molar refractivity (Wildman–Crippen MR) is 113 cm³/mol. The summed E-state index contributed by atoms with van der Waals surface area (Å²) < 4.78 is 29.1. The van der Waals surface area contributed by atoms with Gasteiger partial charge in [-0.15, -0.1) is 0 Å². The number of amides is 2. The van der Waals surface area contributed by atoms with E-state index in [1.54, 1.807) is 6.92 Å². The van der Waals surface area contributed by atoms with Crippen LogP contribution in [0.15, 0.2) is 17.2 Å². The van der Waals surface area contributed by atoms with Gasteiger partial charge in [0.25, 0.3) is 10.0 Å². The maximum absolute atomic E-state index is 12.8.